The molecule has 0 aliphatic carbocycles. The molecule has 0 saturated heterocycles. The van der Waals surface area contributed by atoms with Crippen LogP contribution in [0.1, 0.15) is 43.1 Å². The maximum atomic E-state index is 12.1. The summed E-state index contributed by atoms with van der Waals surface area (Å²) in [7, 11) is 0. The third-order valence-corrected chi connectivity index (χ3v) is 4.12. The predicted octanol–water partition coefficient (Wildman–Crippen LogP) is 3.85. The van der Waals surface area contributed by atoms with E-state index in [1.807, 2.05) is 18.2 Å². The van der Waals surface area contributed by atoms with E-state index >= 15 is 0 Å². The zero-order chi connectivity index (χ0) is 14.1. The van der Waals surface area contributed by atoms with E-state index in [2.05, 4.69) is 31.7 Å². The minimum Gasteiger partial charge on any atom is -0.303 e. The predicted molar refractivity (Wildman–Crippen MR) is 85.0 cm³/mol. The van der Waals surface area contributed by atoms with Crippen LogP contribution in [0.4, 0.5) is 0 Å². The normalized spacial score (nSPS) is 10.9. The topological polar surface area (TPSA) is 20.3 Å². The number of thioether (sulfide) groups is 1. The summed E-state index contributed by atoms with van der Waals surface area (Å²) in [6, 6.07) is 8.05. The lowest BCUT2D eigenvalue weighted by Crippen LogP contribution is -2.25. The number of hydrogen-bond donors (Lipinski definition) is 0. The molecule has 0 atom stereocenters. The number of benzene rings is 1. The van der Waals surface area contributed by atoms with E-state index in [0.29, 0.717) is 0 Å². The molecule has 0 fully saturated rings. The Kier molecular flexibility index (Phi) is 7.84. The quantitative estimate of drug-likeness (QED) is 0.721. The van der Waals surface area contributed by atoms with Crippen LogP contribution in [-0.4, -0.2) is 35.4 Å². The molecule has 0 unspecified atom stereocenters. The molecule has 0 N–H and O–H groups in total. The van der Waals surface area contributed by atoms with Crippen molar-refractivity contribution < 1.29 is 4.79 Å². The van der Waals surface area contributed by atoms with Crippen molar-refractivity contribution in [2.24, 2.45) is 0 Å². The SMILES string of the molecule is CCCc1cccc(C(=O)SCCN(CC)CC)c1. The van der Waals surface area contributed by atoms with Gasteiger partial charge in [-0.3, -0.25) is 4.79 Å². The van der Waals surface area contributed by atoms with Gasteiger partial charge in [0.1, 0.15) is 0 Å². The number of aryl methyl sites for hydroxylation is 1. The van der Waals surface area contributed by atoms with Crippen LogP contribution < -0.4 is 0 Å². The first-order valence-corrected chi connectivity index (χ1v) is 8.18. The summed E-state index contributed by atoms with van der Waals surface area (Å²) in [4.78, 5) is 14.4. The van der Waals surface area contributed by atoms with E-state index in [9.17, 15) is 4.79 Å². The van der Waals surface area contributed by atoms with Crippen LogP contribution in [0.2, 0.25) is 0 Å². The van der Waals surface area contributed by atoms with Gasteiger partial charge < -0.3 is 4.90 Å². The lowest BCUT2D eigenvalue weighted by atomic mass is 10.1. The van der Waals surface area contributed by atoms with Gasteiger partial charge in [0.2, 0.25) is 5.12 Å². The van der Waals surface area contributed by atoms with Crippen LogP contribution in [0.25, 0.3) is 0 Å². The van der Waals surface area contributed by atoms with Gasteiger partial charge in [-0.2, -0.15) is 0 Å². The summed E-state index contributed by atoms with van der Waals surface area (Å²) >= 11 is 1.43. The molecule has 0 spiro atoms. The minimum atomic E-state index is 0.199. The van der Waals surface area contributed by atoms with Gasteiger partial charge in [-0.1, -0.05) is 57.2 Å². The molecule has 0 aromatic heterocycles. The number of nitrogens with zero attached hydrogens (tertiary/aromatic N) is 1. The summed E-state index contributed by atoms with van der Waals surface area (Å²) in [5.41, 5.74) is 2.10. The molecule has 106 valence electrons. The van der Waals surface area contributed by atoms with Gasteiger partial charge in [-0.25, -0.2) is 0 Å². The van der Waals surface area contributed by atoms with E-state index in [4.69, 9.17) is 0 Å². The first-order chi connectivity index (χ1) is 9.21. The summed E-state index contributed by atoms with van der Waals surface area (Å²) in [6.07, 6.45) is 2.16. The Balaban J connectivity index is 2.46. The summed E-state index contributed by atoms with van der Waals surface area (Å²) in [5, 5.41) is 0.199. The molecule has 0 aliphatic heterocycles. The average Bonchev–Trinajstić information content (AvgIpc) is 2.44. The second-order valence-corrected chi connectivity index (χ2v) is 5.68. The third-order valence-electron chi connectivity index (χ3n) is 3.24. The monoisotopic (exact) mass is 279 g/mol. The average molecular weight is 279 g/mol. The Morgan fingerprint density at radius 1 is 1.21 bits per heavy atom. The van der Waals surface area contributed by atoms with Crippen molar-refractivity contribution in [2.75, 3.05) is 25.4 Å². The van der Waals surface area contributed by atoms with Crippen LogP contribution in [0.3, 0.4) is 0 Å². The van der Waals surface area contributed by atoms with Gasteiger partial charge in [0, 0.05) is 17.9 Å². The van der Waals surface area contributed by atoms with Crippen LogP contribution in [0, 0.1) is 0 Å². The number of carbonyl (C=O) groups is 1. The van der Waals surface area contributed by atoms with Crippen LogP contribution in [0.5, 0.6) is 0 Å². The van der Waals surface area contributed by atoms with Crippen molar-refractivity contribution in [3.63, 3.8) is 0 Å². The number of carbonyl (C=O) groups excluding carboxylic acids is 1. The summed E-state index contributed by atoms with van der Waals surface area (Å²) < 4.78 is 0. The van der Waals surface area contributed by atoms with Crippen molar-refractivity contribution in [1.29, 1.82) is 0 Å². The molecule has 0 aliphatic rings. The molecule has 0 bridgehead atoms. The highest BCUT2D eigenvalue weighted by Gasteiger charge is 2.08. The smallest absolute Gasteiger partial charge is 0.219 e. The zero-order valence-electron chi connectivity index (χ0n) is 12.3. The van der Waals surface area contributed by atoms with Gasteiger partial charge in [0.05, 0.1) is 0 Å². The lowest BCUT2D eigenvalue weighted by molar-refractivity contribution is 0.108. The fourth-order valence-corrected chi connectivity index (χ4v) is 2.86. The summed E-state index contributed by atoms with van der Waals surface area (Å²) in [5.74, 6) is 0.874. The molecule has 3 heteroatoms. The van der Waals surface area contributed by atoms with Gasteiger partial charge >= 0.3 is 0 Å². The first-order valence-electron chi connectivity index (χ1n) is 7.19. The Morgan fingerprint density at radius 3 is 2.58 bits per heavy atom. The second kappa shape index (κ2) is 9.16. The zero-order valence-corrected chi connectivity index (χ0v) is 13.1. The maximum absolute atomic E-state index is 12.1. The van der Waals surface area contributed by atoms with E-state index in [0.717, 1.165) is 43.8 Å². The van der Waals surface area contributed by atoms with E-state index in [1.54, 1.807) is 0 Å². The van der Waals surface area contributed by atoms with E-state index in [1.165, 1.54) is 17.3 Å². The number of rotatable bonds is 8. The highest BCUT2D eigenvalue weighted by atomic mass is 32.2. The fraction of sp³-hybridized carbons (Fsp3) is 0.562. The van der Waals surface area contributed by atoms with Crippen molar-refractivity contribution in [3.05, 3.63) is 35.4 Å². The Morgan fingerprint density at radius 2 is 1.95 bits per heavy atom. The highest BCUT2D eigenvalue weighted by Crippen LogP contribution is 2.15. The van der Waals surface area contributed by atoms with Crippen LogP contribution in [0.15, 0.2) is 24.3 Å². The van der Waals surface area contributed by atoms with Crippen LogP contribution >= 0.6 is 11.8 Å². The standard InChI is InChI=1S/C16H25NOS/c1-4-8-14-9-7-10-15(13-14)16(18)19-12-11-17(5-2)6-3/h7,9-10,13H,4-6,8,11-12H2,1-3H3. The second-order valence-electron chi connectivity index (χ2n) is 4.61. The van der Waals surface area contributed by atoms with Crippen LogP contribution in [-0.2, 0) is 6.42 Å². The molecule has 0 heterocycles. The summed E-state index contributed by atoms with van der Waals surface area (Å²) in [6.45, 7) is 9.56. The molecule has 1 aromatic rings. The van der Waals surface area contributed by atoms with Gasteiger partial charge in [-0.15, -0.1) is 0 Å². The Bertz CT molecular complexity index is 388. The minimum absolute atomic E-state index is 0.199. The molecule has 2 nitrogen and oxygen atoms in total. The van der Waals surface area contributed by atoms with Crippen molar-refractivity contribution in [1.82, 2.24) is 4.90 Å². The van der Waals surface area contributed by atoms with Gasteiger partial charge in [0.25, 0.3) is 0 Å². The molecule has 1 rings (SSSR count). The molecule has 0 radical (unpaired) electrons. The fourth-order valence-electron chi connectivity index (χ4n) is 2.03. The lowest BCUT2D eigenvalue weighted by Gasteiger charge is -2.16. The van der Waals surface area contributed by atoms with Crippen molar-refractivity contribution in [2.45, 2.75) is 33.6 Å². The maximum Gasteiger partial charge on any atom is 0.219 e. The number of hydrogen-bond acceptors (Lipinski definition) is 3. The van der Waals surface area contributed by atoms with Gasteiger partial charge in [-0.05, 0) is 31.1 Å². The highest BCUT2D eigenvalue weighted by molar-refractivity contribution is 8.14. The molecular weight excluding hydrogens is 254 g/mol. The molecule has 1 aromatic carbocycles. The van der Waals surface area contributed by atoms with Crippen molar-refractivity contribution >= 4 is 16.9 Å². The van der Waals surface area contributed by atoms with E-state index < -0.39 is 0 Å². The Labute approximate surface area is 121 Å². The third kappa shape index (κ3) is 5.79. The Hall–Kier alpha value is -0.800. The van der Waals surface area contributed by atoms with Gasteiger partial charge in [0.15, 0.2) is 0 Å². The van der Waals surface area contributed by atoms with E-state index in [-0.39, 0.29) is 5.12 Å². The largest absolute Gasteiger partial charge is 0.303 e. The first kappa shape index (κ1) is 16.3. The molecule has 19 heavy (non-hydrogen) atoms. The molecular formula is C16H25NOS. The molecule has 0 amide bonds. The molecule has 0 saturated carbocycles. The van der Waals surface area contributed by atoms with Crippen molar-refractivity contribution in [3.8, 4) is 0 Å².